The van der Waals surface area contributed by atoms with E-state index in [9.17, 15) is 9.90 Å². The molecule has 2 rings (SSSR count). The maximum absolute atomic E-state index is 11.7. The number of unbranched alkanes of at least 4 members (excludes halogenated alkanes) is 2. The van der Waals surface area contributed by atoms with Crippen LogP contribution in [0.2, 0.25) is 0 Å². The number of carbonyl (C=O) groups excluding carboxylic acids is 1. The molecule has 0 radical (unpaired) electrons. The van der Waals surface area contributed by atoms with Crippen molar-refractivity contribution in [2.45, 2.75) is 63.4 Å². The molecule has 1 fully saturated rings. The summed E-state index contributed by atoms with van der Waals surface area (Å²) in [7, 11) is 0. The smallest absolute Gasteiger partial charge is 0.220 e. The van der Waals surface area contributed by atoms with Crippen molar-refractivity contribution in [3.8, 4) is 0 Å². The Morgan fingerprint density at radius 2 is 2.10 bits per heavy atom. The van der Waals surface area contributed by atoms with Crippen LogP contribution in [0.25, 0.3) is 0 Å². The molecule has 112 valence electrons. The van der Waals surface area contributed by atoms with E-state index in [0.29, 0.717) is 13.0 Å². The number of rotatable bonds is 8. The number of hydrogen-bond acceptors (Lipinski definition) is 3. The summed E-state index contributed by atoms with van der Waals surface area (Å²) in [6.07, 6.45) is 8.70. The standard InChI is InChI=1S/C16H25NO2S/c18-15(17-13-16(19)10-4-5-11-16)9-3-1-2-7-14-8-6-12-20-14/h6,8,12,19H,1-5,7,9-11,13H2,(H,17,18). The van der Waals surface area contributed by atoms with Gasteiger partial charge in [-0.3, -0.25) is 4.79 Å². The molecule has 1 aliphatic carbocycles. The molecule has 0 aliphatic heterocycles. The van der Waals surface area contributed by atoms with Crippen molar-refractivity contribution in [1.82, 2.24) is 5.32 Å². The first-order valence-corrected chi connectivity index (χ1v) is 8.57. The lowest BCUT2D eigenvalue weighted by Crippen LogP contribution is -2.40. The summed E-state index contributed by atoms with van der Waals surface area (Å²) < 4.78 is 0. The van der Waals surface area contributed by atoms with E-state index in [1.54, 1.807) is 11.3 Å². The second-order valence-corrected chi connectivity index (χ2v) is 6.88. The zero-order valence-corrected chi connectivity index (χ0v) is 12.9. The Morgan fingerprint density at radius 3 is 2.80 bits per heavy atom. The first-order valence-electron chi connectivity index (χ1n) is 7.69. The fourth-order valence-corrected chi connectivity index (χ4v) is 3.53. The highest BCUT2D eigenvalue weighted by Gasteiger charge is 2.31. The van der Waals surface area contributed by atoms with Crippen molar-refractivity contribution < 1.29 is 9.90 Å². The van der Waals surface area contributed by atoms with Gasteiger partial charge in [-0.15, -0.1) is 11.3 Å². The highest BCUT2D eigenvalue weighted by molar-refractivity contribution is 7.09. The third-order valence-corrected chi connectivity index (χ3v) is 4.99. The fourth-order valence-electron chi connectivity index (χ4n) is 2.78. The van der Waals surface area contributed by atoms with Gasteiger partial charge in [-0.05, 0) is 43.6 Å². The lowest BCUT2D eigenvalue weighted by molar-refractivity contribution is -0.122. The molecule has 3 nitrogen and oxygen atoms in total. The van der Waals surface area contributed by atoms with Crippen LogP contribution in [0.3, 0.4) is 0 Å². The summed E-state index contributed by atoms with van der Waals surface area (Å²) in [6, 6.07) is 4.25. The average Bonchev–Trinajstić information content (AvgIpc) is 3.08. The van der Waals surface area contributed by atoms with E-state index in [1.165, 1.54) is 4.88 Å². The molecule has 1 amide bonds. The molecule has 2 N–H and O–H groups in total. The second-order valence-electron chi connectivity index (χ2n) is 5.85. The third kappa shape index (κ3) is 5.25. The quantitative estimate of drug-likeness (QED) is 0.723. The molecule has 0 aromatic carbocycles. The predicted octanol–water partition coefficient (Wildman–Crippen LogP) is 3.27. The summed E-state index contributed by atoms with van der Waals surface area (Å²) in [6.45, 7) is 0.432. The van der Waals surface area contributed by atoms with Gasteiger partial charge in [-0.1, -0.05) is 25.3 Å². The number of amides is 1. The van der Waals surface area contributed by atoms with Crippen LogP contribution in [0.4, 0.5) is 0 Å². The van der Waals surface area contributed by atoms with E-state index >= 15 is 0 Å². The number of carbonyl (C=O) groups is 1. The minimum absolute atomic E-state index is 0.0847. The van der Waals surface area contributed by atoms with Crippen molar-refractivity contribution in [2.24, 2.45) is 0 Å². The van der Waals surface area contributed by atoms with Gasteiger partial charge in [0.15, 0.2) is 0 Å². The highest BCUT2D eigenvalue weighted by Crippen LogP contribution is 2.28. The van der Waals surface area contributed by atoms with Crippen LogP contribution in [0.1, 0.15) is 56.2 Å². The maximum atomic E-state index is 11.7. The molecule has 0 spiro atoms. The zero-order chi connectivity index (χ0) is 14.3. The first kappa shape index (κ1) is 15.5. The van der Waals surface area contributed by atoms with Crippen LogP contribution in [0, 0.1) is 0 Å². The van der Waals surface area contributed by atoms with Crippen molar-refractivity contribution in [1.29, 1.82) is 0 Å². The monoisotopic (exact) mass is 295 g/mol. The lowest BCUT2D eigenvalue weighted by Gasteiger charge is -2.22. The van der Waals surface area contributed by atoms with E-state index in [0.717, 1.165) is 51.4 Å². The maximum Gasteiger partial charge on any atom is 0.220 e. The predicted molar refractivity (Wildman–Crippen MR) is 82.9 cm³/mol. The topological polar surface area (TPSA) is 49.3 Å². The van der Waals surface area contributed by atoms with Crippen LogP contribution < -0.4 is 5.32 Å². The van der Waals surface area contributed by atoms with E-state index in [4.69, 9.17) is 0 Å². The molecule has 1 aromatic heterocycles. The van der Waals surface area contributed by atoms with Gasteiger partial charge in [-0.25, -0.2) is 0 Å². The van der Waals surface area contributed by atoms with E-state index in [2.05, 4.69) is 22.8 Å². The van der Waals surface area contributed by atoms with Gasteiger partial charge < -0.3 is 10.4 Å². The van der Waals surface area contributed by atoms with Gasteiger partial charge in [0.2, 0.25) is 5.91 Å². The number of aryl methyl sites for hydroxylation is 1. The van der Waals surface area contributed by atoms with Crippen LogP contribution in [0.5, 0.6) is 0 Å². The normalized spacial score (nSPS) is 17.2. The van der Waals surface area contributed by atoms with Crippen molar-refractivity contribution >= 4 is 17.2 Å². The minimum Gasteiger partial charge on any atom is -0.388 e. The summed E-state index contributed by atoms with van der Waals surface area (Å²) in [5.41, 5.74) is -0.630. The number of nitrogens with one attached hydrogen (secondary N) is 1. The molecular formula is C16H25NO2S. The molecule has 1 heterocycles. The Labute approximate surface area is 125 Å². The molecule has 0 saturated heterocycles. The van der Waals surface area contributed by atoms with Crippen LogP contribution in [0.15, 0.2) is 17.5 Å². The zero-order valence-electron chi connectivity index (χ0n) is 12.1. The van der Waals surface area contributed by atoms with Gasteiger partial charge in [0, 0.05) is 17.8 Å². The second kappa shape index (κ2) is 7.79. The van der Waals surface area contributed by atoms with Gasteiger partial charge >= 0.3 is 0 Å². The Hall–Kier alpha value is -0.870. The van der Waals surface area contributed by atoms with Gasteiger partial charge in [0.1, 0.15) is 0 Å². The van der Waals surface area contributed by atoms with E-state index < -0.39 is 5.60 Å². The number of aliphatic hydroxyl groups is 1. The van der Waals surface area contributed by atoms with Gasteiger partial charge in [-0.2, -0.15) is 0 Å². The fraction of sp³-hybridized carbons (Fsp3) is 0.688. The Morgan fingerprint density at radius 1 is 1.30 bits per heavy atom. The molecule has 0 unspecified atom stereocenters. The van der Waals surface area contributed by atoms with E-state index in [1.807, 2.05) is 0 Å². The largest absolute Gasteiger partial charge is 0.388 e. The molecule has 1 aromatic rings. The number of thiophene rings is 1. The molecule has 1 aliphatic rings. The van der Waals surface area contributed by atoms with Crippen LogP contribution in [-0.4, -0.2) is 23.2 Å². The number of hydrogen-bond donors (Lipinski definition) is 2. The van der Waals surface area contributed by atoms with Gasteiger partial charge in [0.25, 0.3) is 0 Å². The first-order chi connectivity index (χ1) is 9.68. The average molecular weight is 295 g/mol. The Bertz CT molecular complexity index is 397. The molecular weight excluding hydrogens is 270 g/mol. The summed E-state index contributed by atoms with van der Waals surface area (Å²) in [5, 5.41) is 15.1. The van der Waals surface area contributed by atoms with Crippen molar-refractivity contribution in [3.05, 3.63) is 22.4 Å². The van der Waals surface area contributed by atoms with Crippen molar-refractivity contribution in [2.75, 3.05) is 6.54 Å². The summed E-state index contributed by atoms with van der Waals surface area (Å²) >= 11 is 1.80. The summed E-state index contributed by atoms with van der Waals surface area (Å²) in [4.78, 5) is 13.1. The molecule has 0 atom stereocenters. The lowest BCUT2D eigenvalue weighted by atomic mass is 10.0. The van der Waals surface area contributed by atoms with Crippen LogP contribution in [-0.2, 0) is 11.2 Å². The Balaban J connectivity index is 1.49. The molecule has 0 bridgehead atoms. The van der Waals surface area contributed by atoms with Crippen LogP contribution >= 0.6 is 11.3 Å². The third-order valence-electron chi connectivity index (χ3n) is 4.06. The SMILES string of the molecule is O=C(CCCCCc1cccs1)NCC1(O)CCCC1. The molecule has 1 saturated carbocycles. The highest BCUT2D eigenvalue weighted by atomic mass is 32.1. The minimum atomic E-state index is -0.630. The summed E-state index contributed by atoms with van der Waals surface area (Å²) in [5.74, 6) is 0.0847. The molecule has 4 heteroatoms. The molecule has 20 heavy (non-hydrogen) atoms. The van der Waals surface area contributed by atoms with Crippen molar-refractivity contribution in [3.63, 3.8) is 0 Å². The van der Waals surface area contributed by atoms with E-state index in [-0.39, 0.29) is 5.91 Å². The Kier molecular flexibility index (Phi) is 6.05. The van der Waals surface area contributed by atoms with Gasteiger partial charge in [0.05, 0.1) is 5.60 Å².